The predicted molar refractivity (Wildman–Crippen MR) is 108 cm³/mol. The quantitative estimate of drug-likeness (QED) is 0.743. The van der Waals surface area contributed by atoms with Crippen LogP contribution >= 0.6 is 0 Å². The molecule has 1 atom stereocenters. The van der Waals surface area contributed by atoms with Crippen LogP contribution in [-0.2, 0) is 14.3 Å². The number of nitrogens with one attached hydrogen (secondary N) is 1. The van der Waals surface area contributed by atoms with Gasteiger partial charge in [0.1, 0.15) is 11.4 Å². The lowest BCUT2D eigenvalue weighted by molar-refractivity contribution is -0.119. The van der Waals surface area contributed by atoms with Crippen molar-refractivity contribution >= 4 is 23.4 Å². The van der Waals surface area contributed by atoms with Gasteiger partial charge < -0.3 is 24.8 Å². The molecule has 2 amide bonds. The zero-order valence-corrected chi connectivity index (χ0v) is 17.4. The fraction of sp³-hybridized carbons (Fsp3) is 0.600. The van der Waals surface area contributed by atoms with Crippen molar-refractivity contribution in [2.45, 2.75) is 39.4 Å². The van der Waals surface area contributed by atoms with Gasteiger partial charge in [0.05, 0.1) is 37.2 Å². The Morgan fingerprint density at radius 2 is 2.00 bits per heavy atom. The Morgan fingerprint density at radius 1 is 1.34 bits per heavy atom. The Kier molecular flexibility index (Phi) is 7.80. The molecule has 0 aliphatic carbocycles. The SMILES string of the molecule is CC(=O)NCC(O)CN(C(=O)OC(C)(C)C)c1ccc(N2CCOCC2)c(F)c1. The molecule has 0 spiro atoms. The molecule has 1 heterocycles. The number of anilines is 2. The molecule has 1 fully saturated rings. The second-order valence-corrected chi connectivity index (χ2v) is 7.92. The number of ether oxygens (including phenoxy) is 2. The van der Waals surface area contributed by atoms with Crippen molar-refractivity contribution in [1.82, 2.24) is 5.32 Å². The number of rotatable bonds is 6. The molecule has 1 saturated heterocycles. The Hall–Kier alpha value is -2.39. The van der Waals surface area contributed by atoms with E-state index in [0.29, 0.717) is 32.0 Å². The number of benzene rings is 1. The third kappa shape index (κ3) is 7.17. The zero-order valence-electron chi connectivity index (χ0n) is 17.4. The lowest BCUT2D eigenvalue weighted by Crippen LogP contribution is -2.44. The first-order chi connectivity index (χ1) is 13.6. The highest BCUT2D eigenvalue weighted by atomic mass is 19.1. The van der Waals surface area contributed by atoms with E-state index in [0.717, 1.165) is 0 Å². The van der Waals surface area contributed by atoms with Gasteiger partial charge >= 0.3 is 6.09 Å². The fourth-order valence-corrected chi connectivity index (χ4v) is 2.86. The number of carbonyl (C=O) groups excluding carboxylic acids is 2. The summed E-state index contributed by atoms with van der Waals surface area (Å²) in [6, 6.07) is 4.47. The molecule has 0 bridgehead atoms. The molecule has 1 aliphatic rings. The summed E-state index contributed by atoms with van der Waals surface area (Å²) in [4.78, 5) is 26.8. The van der Waals surface area contributed by atoms with Crippen LogP contribution in [-0.4, -0.2) is 68.2 Å². The first kappa shape index (κ1) is 22.9. The molecule has 0 radical (unpaired) electrons. The van der Waals surface area contributed by atoms with Crippen LogP contribution < -0.4 is 15.1 Å². The van der Waals surface area contributed by atoms with E-state index in [1.54, 1.807) is 32.9 Å². The molecule has 1 aliphatic heterocycles. The van der Waals surface area contributed by atoms with Crippen LogP contribution in [0.3, 0.4) is 0 Å². The van der Waals surface area contributed by atoms with Gasteiger partial charge in [-0.15, -0.1) is 0 Å². The van der Waals surface area contributed by atoms with E-state index in [1.807, 2.05) is 4.90 Å². The van der Waals surface area contributed by atoms with Crippen molar-refractivity contribution in [3.63, 3.8) is 0 Å². The molecular formula is C20H30FN3O5. The van der Waals surface area contributed by atoms with Crippen LogP contribution in [0, 0.1) is 5.82 Å². The first-order valence-electron chi connectivity index (χ1n) is 9.62. The minimum absolute atomic E-state index is 0.0387. The molecule has 8 nitrogen and oxygen atoms in total. The maximum absolute atomic E-state index is 14.8. The van der Waals surface area contributed by atoms with Crippen LogP contribution in [0.1, 0.15) is 27.7 Å². The maximum Gasteiger partial charge on any atom is 0.414 e. The van der Waals surface area contributed by atoms with Gasteiger partial charge in [-0.25, -0.2) is 9.18 Å². The van der Waals surface area contributed by atoms with Crippen molar-refractivity contribution in [3.05, 3.63) is 24.0 Å². The summed E-state index contributed by atoms with van der Waals surface area (Å²) in [5.74, 6) is -0.775. The van der Waals surface area contributed by atoms with Crippen LogP contribution in [0.2, 0.25) is 0 Å². The van der Waals surface area contributed by atoms with Gasteiger partial charge in [-0.1, -0.05) is 0 Å². The van der Waals surface area contributed by atoms with Crippen LogP contribution in [0.25, 0.3) is 0 Å². The minimum atomic E-state index is -1.05. The summed E-state index contributed by atoms with van der Waals surface area (Å²) >= 11 is 0. The lowest BCUT2D eigenvalue weighted by Gasteiger charge is -2.31. The third-order valence-electron chi connectivity index (χ3n) is 4.19. The van der Waals surface area contributed by atoms with Gasteiger partial charge in [0.25, 0.3) is 0 Å². The van der Waals surface area contributed by atoms with Gasteiger partial charge in [0.2, 0.25) is 5.91 Å². The summed E-state index contributed by atoms with van der Waals surface area (Å²) in [5.41, 5.74) is -0.0693. The van der Waals surface area contributed by atoms with Crippen molar-refractivity contribution < 1.29 is 28.6 Å². The van der Waals surface area contributed by atoms with Crippen LogP contribution in [0.5, 0.6) is 0 Å². The summed E-state index contributed by atoms with van der Waals surface area (Å²) in [6.45, 7) is 8.52. The maximum atomic E-state index is 14.8. The van der Waals surface area contributed by atoms with E-state index in [4.69, 9.17) is 9.47 Å². The average Bonchev–Trinajstić information content (AvgIpc) is 2.63. The number of amides is 2. The standard InChI is InChI=1S/C20H30FN3O5/c1-14(25)22-12-16(26)13-24(19(27)29-20(2,3)4)15-5-6-18(17(21)11-15)23-7-9-28-10-8-23/h5-6,11,16,26H,7-10,12-13H2,1-4H3,(H,22,25). The van der Waals surface area contributed by atoms with Crippen molar-refractivity contribution in [2.75, 3.05) is 49.2 Å². The monoisotopic (exact) mass is 411 g/mol. The molecule has 2 rings (SSSR count). The zero-order chi connectivity index (χ0) is 21.6. The topological polar surface area (TPSA) is 91.3 Å². The largest absolute Gasteiger partial charge is 0.443 e. The normalized spacial score (nSPS) is 15.6. The highest BCUT2D eigenvalue weighted by Gasteiger charge is 2.27. The van der Waals surface area contributed by atoms with Crippen molar-refractivity contribution in [2.24, 2.45) is 0 Å². The van der Waals surface area contributed by atoms with Crippen molar-refractivity contribution in [1.29, 1.82) is 0 Å². The molecule has 9 heteroatoms. The Balaban J connectivity index is 2.23. The van der Waals surface area contributed by atoms with Gasteiger partial charge in [-0.2, -0.15) is 0 Å². The fourth-order valence-electron chi connectivity index (χ4n) is 2.86. The van der Waals surface area contributed by atoms with Gasteiger partial charge in [0, 0.05) is 26.6 Å². The number of halogens is 1. The van der Waals surface area contributed by atoms with Gasteiger partial charge in [0.15, 0.2) is 0 Å². The molecular weight excluding hydrogens is 381 g/mol. The second-order valence-electron chi connectivity index (χ2n) is 7.92. The molecule has 1 aromatic rings. The lowest BCUT2D eigenvalue weighted by atomic mass is 10.2. The number of hydrogen-bond donors (Lipinski definition) is 2. The van der Waals surface area contributed by atoms with Gasteiger partial charge in [-0.05, 0) is 39.0 Å². The Morgan fingerprint density at radius 3 is 2.55 bits per heavy atom. The van der Waals surface area contributed by atoms with Crippen LogP contribution in [0.4, 0.5) is 20.6 Å². The summed E-state index contributed by atoms with van der Waals surface area (Å²) in [6.07, 6.45) is -1.76. The smallest absolute Gasteiger partial charge is 0.414 e. The number of aliphatic hydroxyl groups is 1. The van der Waals surface area contributed by atoms with E-state index in [1.165, 1.54) is 17.9 Å². The number of nitrogens with zero attached hydrogens (tertiary/aromatic N) is 2. The molecule has 1 aromatic carbocycles. The van der Waals surface area contributed by atoms with E-state index < -0.39 is 23.6 Å². The number of aliphatic hydroxyl groups excluding tert-OH is 1. The second kappa shape index (κ2) is 9.89. The summed E-state index contributed by atoms with van der Waals surface area (Å²) in [7, 11) is 0. The summed E-state index contributed by atoms with van der Waals surface area (Å²) < 4.78 is 25.5. The number of carbonyl (C=O) groups is 2. The van der Waals surface area contributed by atoms with E-state index >= 15 is 0 Å². The van der Waals surface area contributed by atoms with Crippen LogP contribution in [0.15, 0.2) is 18.2 Å². The molecule has 0 saturated carbocycles. The average molecular weight is 411 g/mol. The first-order valence-corrected chi connectivity index (χ1v) is 9.62. The van der Waals surface area contributed by atoms with Gasteiger partial charge in [-0.3, -0.25) is 9.69 Å². The van der Waals surface area contributed by atoms with E-state index in [2.05, 4.69) is 5.32 Å². The number of hydrogen-bond acceptors (Lipinski definition) is 6. The molecule has 1 unspecified atom stereocenters. The molecule has 162 valence electrons. The van der Waals surface area contributed by atoms with Crippen molar-refractivity contribution in [3.8, 4) is 0 Å². The molecule has 0 aromatic heterocycles. The van der Waals surface area contributed by atoms with E-state index in [-0.39, 0.29) is 24.7 Å². The Labute approximate surface area is 170 Å². The predicted octanol–water partition coefficient (Wildman–Crippen LogP) is 1.90. The highest BCUT2D eigenvalue weighted by molar-refractivity contribution is 5.88. The van der Waals surface area contributed by atoms with E-state index in [9.17, 15) is 19.1 Å². The number of morpholine rings is 1. The third-order valence-corrected chi connectivity index (χ3v) is 4.19. The molecule has 29 heavy (non-hydrogen) atoms. The summed E-state index contributed by atoms with van der Waals surface area (Å²) in [5, 5.41) is 12.7. The highest BCUT2D eigenvalue weighted by Crippen LogP contribution is 2.27. The molecule has 2 N–H and O–H groups in total. The Bertz CT molecular complexity index is 717. The minimum Gasteiger partial charge on any atom is -0.443 e.